The number of fused-ring (bicyclic) bond motifs is 1. The van der Waals surface area contributed by atoms with Crippen LogP contribution < -0.4 is 5.32 Å². The third-order valence-corrected chi connectivity index (χ3v) is 5.77. The lowest BCUT2D eigenvalue weighted by atomic mass is 10.2. The quantitative estimate of drug-likeness (QED) is 0.494. The number of aromatic nitrogens is 4. The standard InChI is InChI=1S/C23H22ClN7O/c1-30-8-10-31(11-9-30)22(32)21-13-15-12-17(2-3-18(15)28-21)27-23-26-7-5-19(29-23)20-14-16(24)4-6-25-20/h2-7,12-14,28H,8-11H2,1H3,(H,26,27,29). The minimum Gasteiger partial charge on any atom is -0.351 e. The van der Waals surface area contributed by atoms with Crippen molar-refractivity contribution in [3.63, 3.8) is 0 Å². The fourth-order valence-corrected chi connectivity index (χ4v) is 3.90. The van der Waals surface area contributed by atoms with Crippen LogP contribution in [-0.4, -0.2) is 68.9 Å². The highest BCUT2D eigenvalue weighted by Gasteiger charge is 2.21. The van der Waals surface area contributed by atoms with Crippen LogP contribution in [0.15, 0.2) is 54.9 Å². The van der Waals surface area contributed by atoms with Crippen molar-refractivity contribution in [3.05, 3.63) is 65.6 Å². The summed E-state index contributed by atoms with van der Waals surface area (Å²) in [5, 5.41) is 4.77. The lowest BCUT2D eigenvalue weighted by Gasteiger charge is -2.32. The van der Waals surface area contributed by atoms with Gasteiger partial charge in [-0.1, -0.05) is 11.6 Å². The van der Waals surface area contributed by atoms with E-state index in [4.69, 9.17) is 11.6 Å². The van der Waals surface area contributed by atoms with Crippen LogP contribution in [0.25, 0.3) is 22.3 Å². The van der Waals surface area contributed by atoms with Gasteiger partial charge in [0.2, 0.25) is 5.95 Å². The first-order chi connectivity index (χ1) is 15.5. The number of hydrogen-bond acceptors (Lipinski definition) is 6. The third-order valence-electron chi connectivity index (χ3n) is 5.54. The van der Waals surface area contributed by atoms with Gasteiger partial charge >= 0.3 is 0 Å². The molecule has 8 nitrogen and oxygen atoms in total. The Kier molecular flexibility index (Phi) is 5.46. The first kappa shape index (κ1) is 20.4. The summed E-state index contributed by atoms with van der Waals surface area (Å²) in [6.07, 6.45) is 3.32. The maximum atomic E-state index is 12.9. The van der Waals surface area contributed by atoms with E-state index in [0.717, 1.165) is 42.8 Å². The molecular formula is C23H22ClN7O. The first-order valence-corrected chi connectivity index (χ1v) is 10.8. The van der Waals surface area contributed by atoms with E-state index in [1.807, 2.05) is 29.2 Å². The molecule has 32 heavy (non-hydrogen) atoms. The predicted molar refractivity (Wildman–Crippen MR) is 125 cm³/mol. The minimum atomic E-state index is 0.0360. The molecule has 5 rings (SSSR count). The number of hydrogen-bond donors (Lipinski definition) is 2. The number of nitrogens with zero attached hydrogens (tertiary/aromatic N) is 5. The molecule has 1 amide bonds. The Morgan fingerprint density at radius 1 is 1.00 bits per heavy atom. The van der Waals surface area contributed by atoms with E-state index in [9.17, 15) is 4.79 Å². The average molecular weight is 448 g/mol. The summed E-state index contributed by atoms with van der Waals surface area (Å²) in [5.41, 5.74) is 3.69. The molecule has 0 unspecified atom stereocenters. The molecule has 4 aromatic rings. The number of piperazine rings is 1. The van der Waals surface area contributed by atoms with Crippen molar-refractivity contribution in [2.45, 2.75) is 0 Å². The molecule has 9 heteroatoms. The van der Waals surface area contributed by atoms with Crippen molar-refractivity contribution in [2.24, 2.45) is 0 Å². The molecule has 0 atom stereocenters. The summed E-state index contributed by atoms with van der Waals surface area (Å²) >= 11 is 6.07. The Balaban J connectivity index is 1.35. The number of pyridine rings is 1. The lowest BCUT2D eigenvalue weighted by Crippen LogP contribution is -2.47. The van der Waals surface area contributed by atoms with Gasteiger partial charge in [-0.15, -0.1) is 0 Å². The van der Waals surface area contributed by atoms with Crippen LogP contribution in [0.3, 0.4) is 0 Å². The lowest BCUT2D eigenvalue weighted by molar-refractivity contribution is 0.0659. The zero-order valence-electron chi connectivity index (χ0n) is 17.5. The topological polar surface area (TPSA) is 90.0 Å². The van der Waals surface area contributed by atoms with E-state index in [1.165, 1.54) is 0 Å². The molecule has 0 radical (unpaired) electrons. The van der Waals surface area contributed by atoms with E-state index < -0.39 is 0 Å². The van der Waals surface area contributed by atoms with Crippen LogP contribution in [0.5, 0.6) is 0 Å². The van der Waals surface area contributed by atoms with Crippen LogP contribution in [0.1, 0.15) is 10.5 Å². The molecule has 2 N–H and O–H groups in total. The van der Waals surface area contributed by atoms with Gasteiger partial charge in [0.05, 0.1) is 11.4 Å². The van der Waals surface area contributed by atoms with Gasteiger partial charge in [0.25, 0.3) is 5.91 Å². The predicted octanol–water partition coefficient (Wildman–Crippen LogP) is 3.80. The maximum Gasteiger partial charge on any atom is 0.270 e. The highest BCUT2D eigenvalue weighted by molar-refractivity contribution is 6.30. The van der Waals surface area contributed by atoms with Crippen molar-refractivity contribution in [3.8, 4) is 11.4 Å². The second-order valence-corrected chi connectivity index (χ2v) is 8.27. The van der Waals surface area contributed by atoms with Gasteiger partial charge in [-0.3, -0.25) is 9.78 Å². The Labute approximate surface area is 190 Å². The summed E-state index contributed by atoms with van der Waals surface area (Å²) in [7, 11) is 2.07. The van der Waals surface area contributed by atoms with E-state index >= 15 is 0 Å². The SMILES string of the molecule is CN1CCN(C(=O)c2cc3cc(Nc4nccc(-c5cc(Cl)ccn5)n4)ccc3[nH]2)CC1. The third kappa shape index (κ3) is 4.28. The average Bonchev–Trinajstić information content (AvgIpc) is 3.23. The molecule has 0 spiro atoms. The zero-order chi connectivity index (χ0) is 22.1. The Bertz CT molecular complexity index is 1280. The van der Waals surface area contributed by atoms with Crippen molar-refractivity contribution in [1.82, 2.24) is 29.7 Å². The van der Waals surface area contributed by atoms with Crippen molar-refractivity contribution >= 4 is 40.0 Å². The van der Waals surface area contributed by atoms with E-state index in [0.29, 0.717) is 28.1 Å². The Morgan fingerprint density at radius 2 is 1.81 bits per heavy atom. The molecule has 1 saturated heterocycles. The van der Waals surface area contributed by atoms with Gasteiger partial charge in [-0.25, -0.2) is 9.97 Å². The largest absolute Gasteiger partial charge is 0.351 e. The highest BCUT2D eigenvalue weighted by Crippen LogP contribution is 2.24. The van der Waals surface area contributed by atoms with Gasteiger partial charge in [-0.05, 0) is 49.5 Å². The number of rotatable bonds is 4. The number of likely N-dealkylation sites (N-methyl/N-ethyl adjacent to an activating group) is 1. The summed E-state index contributed by atoms with van der Waals surface area (Å²) in [6.45, 7) is 3.27. The van der Waals surface area contributed by atoms with Crippen LogP contribution in [0.2, 0.25) is 5.02 Å². The number of H-pyrrole nitrogens is 1. The number of carbonyl (C=O) groups excluding carboxylic acids is 1. The molecular weight excluding hydrogens is 426 g/mol. The number of aromatic amines is 1. The monoisotopic (exact) mass is 447 g/mol. The molecule has 0 saturated carbocycles. The van der Waals surface area contributed by atoms with E-state index in [-0.39, 0.29) is 5.91 Å². The first-order valence-electron chi connectivity index (χ1n) is 10.4. The molecule has 1 aliphatic heterocycles. The molecule has 0 bridgehead atoms. The fourth-order valence-electron chi connectivity index (χ4n) is 3.74. The number of halogens is 1. The second kappa shape index (κ2) is 8.57. The van der Waals surface area contributed by atoms with Crippen molar-refractivity contribution in [1.29, 1.82) is 0 Å². The van der Waals surface area contributed by atoms with Crippen molar-refractivity contribution in [2.75, 3.05) is 38.5 Å². The molecule has 4 heterocycles. The summed E-state index contributed by atoms with van der Waals surface area (Å²) in [6, 6.07) is 13.0. The molecule has 3 aromatic heterocycles. The van der Waals surface area contributed by atoms with E-state index in [1.54, 1.807) is 30.6 Å². The fraction of sp³-hybridized carbons (Fsp3) is 0.217. The smallest absolute Gasteiger partial charge is 0.270 e. The summed E-state index contributed by atoms with van der Waals surface area (Å²) in [5.74, 6) is 0.488. The van der Waals surface area contributed by atoms with Crippen LogP contribution in [0, 0.1) is 0 Å². The van der Waals surface area contributed by atoms with Gasteiger partial charge in [0, 0.05) is 60.2 Å². The van der Waals surface area contributed by atoms with Gasteiger partial charge < -0.3 is 20.1 Å². The van der Waals surface area contributed by atoms with Crippen molar-refractivity contribution < 1.29 is 4.79 Å². The summed E-state index contributed by atoms with van der Waals surface area (Å²) in [4.78, 5) is 33.4. The molecule has 1 aromatic carbocycles. The zero-order valence-corrected chi connectivity index (χ0v) is 18.3. The number of amides is 1. The van der Waals surface area contributed by atoms with Gasteiger partial charge in [0.15, 0.2) is 0 Å². The van der Waals surface area contributed by atoms with E-state index in [2.05, 4.69) is 37.2 Å². The summed E-state index contributed by atoms with van der Waals surface area (Å²) < 4.78 is 0. The molecule has 1 aliphatic rings. The highest BCUT2D eigenvalue weighted by atomic mass is 35.5. The van der Waals surface area contributed by atoms with Gasteiger partial charge in [-0.2, -0.15) is 0 Å². The number of benzene rings is 1. The molecule has 0 aliphatic carbocycles. The second-order valence-electron chi connectivity index (χ2n) is 7.83. The normalized spacial score (nSPS) is 14.6. The van der Waals surface area contributed by atoms with Crippen LogP contribution in [0.4, 0.5) is 11.6 Å². The van der Waals surface area contributed by atoms with Crippen LogP contribution in [-0.2, 0) is 0 Å². The number of nitrogens with one attached hydrogen (secondary N) is 2. The molecule has 162 valence electrons. The number of carbonyl (C=O) groups is 1. The maximum absolute atomic E-state index is 12.9. The minimum absolute atomic E-state index is 0.0360. The number of anilines is 2. The Hall–Kier alpha value is -3.49. The van der Waals surface area contributed by atoms with Gasteiger partial charge in [0.1, 0.15) is 5.69 Å². The molecule has 1 fully saturated rings. The van der Waals surface area contributed by atoms with Crippen LogP contribution >= 0.6 is 11.6 Å². The Morgan fingerprint density at radius 3 is 2.62 bits per heavy atom.